The summed E-state index contributed by atoms with van der Waals surface area (Å²) < 4.78 is 47.1. The summed E-state index contributed by atoms with van der Waals surface area (Å²) in [5.41, 5.74) is 0.504. The fourth-order valence-corrected chi connectivity index (χ4v) is 3.81. The number of nitrogens with zero attached hydrogens (tertiary/aromatic N) is 2. The second-order valence-electron chi connectivity index (χ2n) is 7.84. The van der Waals surface area contributed by atoms with E-state index >= 15 is 0 Å². The Labute approximate surface area is 204 Å². The molecule has 186 valence electrons. The van der Waals surface area contributed by atoms with Crippen LogP contribution >= 0.6 is 0 Å². The number of ether oxygens (including phenoxy) is 2. The number of aliphatic hydroxyl groups excluding tert-OH is 1. The van der Waals surface area contributed by atoms with Gasteiger partial charge in [0.15, 0.2) is 0 Å². The molecule has 0 aliphatic carbocycles. The normalized spacial score (nSPS) is 17.3. The zero-order chi connectivity index (χ0) is 25.9. The molecule has 1 amide bonds. The molecule has 0 radical (unpaired) electrons. The van der Waals surface area contributed by atoms with Crippen molar-refractivity contribution in [2.75, 3.05) is 11.5 Å². The number of hydrogen-bond donors (Lipinski definition) is 1. The number of hydrogen-bond acceptors (Lipinski definition) is 6. The molecule has 7 nitrogen and oxygen atoms in total. The second-order valence-corrected chi connectivity index (χ2v) is 7.84. The lowest BCUT2D eigenvalue weighted by Gasteiger charge is -2.24. The van der Waals surface area contributed by atoms with E-state index in [2.05, 4.69) is 9.72 Å². The summed E-state index contributed by atoms with van der Waals surface area (Å²) in [5, 5.41) is 11.1. The van der Waals surface area contributed by atoms with Gasteiger partial charge in [-0.25, -0.2) is 0 Å². The average Bonchev–Trinajstić information content (AvgIpc) is 3.13. The van der Waals surface area contributed by atoms with E-state index in [-0.39, 0.29) is 22.5 Å². The van der Waals surface area contributed by atoms with Gasteiger partial charge < -0.3 is 14.6 Å². The third-order valence-corrected chi connectivity index (χ3v) is 5.36. The fourth-order valence-electron chi connectivity index (χ4n) is 3.81. The standard InChI is InChI=1S/C26H21F3N2O5/c1-2-15-35-18-10-6-16(7-11-18)23(32)21-22(20-5-3-4-14-30-20)31(25(34)24(21)33)17-8-12-19(13-9-17)36-26(27,28)29/h3-14,22,32H,2,15H2,1H3/b23-21-. The van der Waals surface area contributed by atoms with Gasteiger partial charge in [-0.15, -0.1) is 13.2 Å². The predicted molar refractivity (Wildman–Crippen MR) is 124 cm³/mol. The third-order valence-electron chi connectivity index (χ3n) is 5.36. The van der Waals surface area contributed by atoms with E-state index in [1.807, 2.05) is 6.92 Å². The molecule has 1 atom stereocenters. The van der Waals surface area contributed by atoms with Gasteiger partial charge in [0.1, 0.15) is 23.3 Å². The number of anilines is 1. The molecule has 3 aromatic rings. The SMILES string of the molecule is CCCOc1ccc(/C(O)=C2/C(=O)C(=O)N(c3ccc(OC(F)(F)F)cc3)C2c2ccccn2)cc1. The number of Topliss-reactive ketones (excluding diaryl/α,β-unsaturated/α-hetero) is 1. The number of amides is 1. The first-order valence-electron chi connectivity index (χ1n) is 11.0. The van der Waals surface area contributed by atoms with Gasteiger partial charge in [0.2, 0.25) is 0 Å². The van der Waals surface area contributed by atoms with Crippen LogP contribution in [0.15, 0.2) is 78.5 Å². The molecule has 0 saturated carbocycles. The van der Waals surface area contributed by atoms with Crippen LogP contribution in [-0.2, 0) is 9.59 Å². The zero-order valence-electron chi connectivity index (χ0n) is 19.0. The lowest BCUT2D eigenvalue weighted by Crippen LogP contribution is -2.29. The summed E-state index contributed by atoms with van der Waals surface area (Å²) in [4.78, 5) is 31.6. The molecule has 2 aromatic carbocycles. The Morgan fingerprint density at radius 1 is 1.00 bits per heavy atom. The highest BCUT2D eigenvalue weighted by molar-refractivity contribution is 6.51. The van der Waals surface area contributed by atoms with E-state index in [0.29, 0.717) is 12.4 Å². The molecule has 1 saturated heterocycles. The van der Waals surface area contributed by atoms with Crippen LogP contribution in [-0.4, -0.2) is 34.8 Å². The number of alkyl halides is 3. The fraction of sp³-hybridized carbons (Fsp3) is 0.192. The molecule has 10 heteroatoms. The first-order valence-corrected chi connectivity index (χ1v) is 11.0. The van der Waals surface area contributed by atoms with Gasteiger partial charge in [-0.3, -0.25) is 19.5 Å². The predicted octanol–water partition coefficient (Wildman–Crippen LogP) is 5.40. The van der Waals surface area contributed by atoms with Crippen LogP contribution in [0.2, 0.25) is 0 Å². The van der Waals surface area contributed by atoms with Crippen molar-refractivity contribution in [1.82, 2.24) is 4.98 Å². The van der Waals surface area contributed by atoms with E-state index in [0.717, 1.165) is 23.5 Å². The number of carbonyl (C=O) groups is 2. The summed E-state index contributed by atoms with van der Waals surface area (Å²) in [5.74, 6) is -2.23. The van der Waals surface area contributed by atoms with Crippen LogP contribution in [0.25, 0.3) is 5.76 Å². The first-order chi connectivity index (χ1) is 17.2. The molecule has 1 unspecified atom stereocenters. The molecule has 1 aliphatic rings. The average molecular weight is 498 g/mol. The number of rotatable bonds is 7. The van der Waals surface area contributed by atoms with Crippen molar-refractivity contribution < 1.29 is 37.3 Å². The second kappa shape index (κ2) is 10.1. The summed E-state index contributed by atoms with van der Waals surface area (Å²) in [6.07, 6.45) is -2.59. The zero-order valence-corrected chi connectivity index (χ0v) is 19.0. The molecular weight excluding hydrogens is 477 g/mol. The highest BCUT2D eigenvalue weighted by atomic mass is 19.4. The van der Waals surface area contributed by atoms with Crippen molar-refractivity contribution >= 4 is 23.1 Å². The van der Waals surface area contributed by atoms with Crippen LogP contribution in [0, 0.1) is 0 Å². The summed E-state index contributed by atoms with van der Waals surface area (Å²) >= 11 is 0. The molecule has 0 bridgehead atoms. The Kier molecular flexibility index (Phi) is 6.96. The number of aromatic nitrogens is 1. The van der Waals surface area contributed by atoms with Crippen molar-refractivity contribution in [3.05, 3.63) is 89.8 Å². The first kappa shape index (κ1) is 24.8. The Bertz CT molecular complexity index is 1270. The van der Waals surface area contributed by atoms with Crippen LogP contribution < -0.4 is 14.4 Å². The number of halogens is 3. The van der Waals surface area contributed by atoms with Gasteiger partial charge in [0.25, 0.3) is 11.7 Å². The van der Waals surface area contributed by atoms with Gasteiger partial charge >= 0.3 is 6.36 Å². The number of ketones is 1. The summed E-state index contributed by atoms with van der Waals surface area (Å²) in [6.45, 7) is 2.48. The van der Waals surface area contributed by atoms with Crippen molar-refractivity contribution in [3.8, 4) is 11.5 Å². The Morgan fingerprint density at radius 3 is 2.25 bits per heavy atom. The smallest absolute Gasteiger partial charge is 0.507 e. The Hall–Kier alpha value is -4.34. The minimum Gasteiger partial charge on any atom is -0.507 e. The third kappa shape index (κ3) is 5.17. The summed E-state index contributed by atoms with van der Waals surface area (Å²) in [6, 6.07) is 14.7. The van der Waals surface area contributed by atoms with Gasteiger partial charge in [0.05, 0.1) is 17.9 Å². The summed E-state index contributed by atoms with van der Waals surface area (Å²) in [7, 11) is 0. The maximum absolute atomic E-state index is 13.1. The number of pyridine rings is 1. The monoisotopic (exact) mass is 498 g/mol. The minimum atomic E-state index is -4.88. The molecule has 36 heavy (non-hydrogen) atoms. The molecule has 1 fully saturated rings. The van der Waals surface area contributed by atoms with Gasteiger partial charge in [-0.2, -0.15) is 0 Å². The largest absolute Gasteiger partial charge is 0.573 e. The minimum absolute atomic E-state index is 0.129. The molecule has 2 heterocycles. The molecule has 1 aromatic heterocycles. The maximum atomic E-state index is 13.1. The lowest BCUT2D eigenvalue weighted by molar-refractivity contribution is -0.274. The van der Waals surface area contributed by atoms with Crippen LogP contribution in [0.3, 0.4) is 0 Å². The van der Waals surface area contributed by atoms with Crippen LogP contribution in [0.1, 0.15) is 30.6 Å². The van der Waals surface area contributed by atoms with Crippen LogP contribution in [0.4, 0.5) is 18.9 Å². The molecule has 4 rings (SSSR count). The van der Waals surface area contributed by atoms with E-state index in [4.69, 9.17) is 4.74 Å². The van der Waals surface area contributed by atoms with Crippen molar-refractivity contribution in [3.63, 3.8) is 0 Å². The Morgan fingerprint density at radius 2 is 1.67 bits per heavy atom. The highest BCUT2D eigenvalue weighted by Gasteiger charge is 2.47. The van der Waals surface area contributed by atoms with Gasteiger partial charge in [-0.05, 0) is 67.1 Å². The van der Waals surface area contributed by atoms with E-state index in [1.165, 1.54) is 18.3 Å². The number of aliphatic hydroxyl groups is 1. The molecular formula is C26H21F3N2O5. The number of benzene rings is 2. The Balaban J connectivity index is 1.77. The molecule has 1 aliphatic heterocycles. The van der Waals surface area contributed by atoms with Crippen LogP contribution in [0.5, 0.6) is 11.5 Å². The van der Waals surface area contributed by atoms with E-state index in [1.54, 1.807) is 42.5 Å². The van der Waals surface area contributed by atoms with Crippen molar-refractivity contribution in [1.29, 1.82) is 0 Å². The van der Waals surface area contributed by atoms with E-state index < -0.39 is 35.6 Å². The van der Waals surface area contributed by atoms with Gasteiger partial charge in [-0.1, -0.05) is 13.0 Å². The van der Waals surface area contributed by atoms with E-state index in [9.17, 15) is 27.9 Å². The molecule has 0 spiro atoms. The highest BCUT2D eigenvalue weighted by Crippen LogP contribution is 2.42. The van der Waals surface area contributed by atoms with Crippen molar-refractivity contribution in [2.24, 2.45) is 0 Å². The lowest BCUT2D eigenvalue weighted by atomic mass is 9.98. The molecule has 1 N–H and O–H groups in total. The maximum Gasteiger partial charge on any atom is 0.573 e. The topological polar surface area (TPSA) is 89.0 Å². The quantitative estimate of drug-likeness (QED) is 0.267. The number of carbonyl (C=O) groups excluding carboxylic acids is 2. The van der Waals surface area contributed by atoms with Crippen molar-refractivity contribution in [2.45, 2.75) is 25.7 Å². The van der Waals surface area contributed by atoms with Gasteiger partial charge in [0, 0.05) is 17.4 Å².